The number of carboxylic acid groups (broad SMARTS) is 1. The molecule has 0 bridgehead atoms. The lowest BCUT2D eigenvalue weighted by Gasteiger charge is -1.95. The molecule has 6 nitrogen and oxygen atoms in total. The van der Waals surface area contributed by atoms with Crippen LogP contribution in [0.2, 0.25) is 0 Å². The minimum atomic E-state index is -1.08. The van der Waals surface area contributed by atoms with Gasteiger partial charge in [0.1, 0.15) is 5.69 Å². The molecule has 0 amide bonds. The lowest BCUT2D eigenvalue weighted by molar-refractivity contribution is 0.0688. The molecule has 2 aromatic rings. The average molecular weight is 225 g/mol. The number of carbonyl (C=O) groups is 2. The van der Waals surface area contributed by atoms with Crippen molar-refractivity contribution in [3.8, 4) is 0 Å². The monoisotopic (exact) mass is 225 g/mol. The van der Waals surface area contributed by atoms with Crippen LogP contribution >= 0.6 is 11.3 Å². The molecule has 0 atom stereocenters. The number of carboxylic acids is 1. The van der Waals surface area contributed by atoms with E-state index >= 15 is 0 Å². The van der Waals surface area contributed by atoms with Crippen LogP contribution in [0.4, 0.5) is 0 Å². The van der Waals surface area contributed by atoms with Crippen molar-refractivity contribution in [3.05, 3.63) is 16.4 Å². The number of Topliss-reactive ketones (excluding diaryl/α,β-unsaturated/α-hetero) is 1. The Kier molecular flexibility index (Phi) is 2.04. The Morgan fingerprint density at radius 2 is 2.07 bits per heavy atom. The van der Waals surface area contributed by atoms with Crippen molar-refractivity contribution < 1.29 is 14.7 Å². The lowest BCUT2D eigenvalue weighted by atomic mass is 10.3. The summed E-state index contributed by atoms with van der Waals surface area (Å²) < 4.78 is 1.28. The van der Waals surface area contributed by atoms with Crippen molar-refractivity contribution in [2.45, 2.75) is 13.8 Å². The van der Waals surface area contributed by atoms with Crippen LogP contribution in [0.15, 0.2) is 0 Å². The largest absolute Gasteiger partial charge is 0.477 e. The number of aryl methyl sites for hydroxylation is 1. The maximum absolute atomic E-state index is 11.2. The minimum Gasteiger partial charge on any atom is -0.477 e. The molecule has 0 aliphatic heterocycles. The Labute approximate surface area is 88.2 Å². The molecular weight excluding hydrogens is 218 g/mol. The third-order valence-electron chi connectivity index (χ3n) is 1.95. The molecule has 2 rings (SSSR count). The van der Waals surface area contributed by atoms with E-state index in [2.05, 4.69) is 10.2 Å². The summed E-state index contributed by atoms with van der Waals surface area (Å²) in [5.41, 5.74) is 0.0604. The molecule has 0 saturated heterocycles. The zero-order valence-electron chi connectivity index (χ0n) is 8.01. The molecule has 2 heterocycles. The Bertz CT molecular complexity index is 569. The second-order valence-corrected chi connectivity index (χ2v) is 4.19. The third kappa shape index (κ3) is 1.32. The first-order valence-corrected chi connectivity index (χ1v) is 4.92. The average Bonchev–Trinajstić information content (AvgIpc) is 2.59. The van der Waals surface area contributed by atoms with Crippen LogP contribution in [0.1, 0.15) is 32.9 Å². The first-order valence-electron chi connectivity index (χ1n) is 4.11. The second kappa shape index (κ2) is 3.13. The Balaban J connectivity index is 2.87. The normalized spacial score (nSPS) is 10.8. The van der Waals surface area contributed by atoms with Gasteiger partial charge in [0.15, 0.2) is 5.78 Å². The molecule has 0 unspecified atom stereocenters. The van der Waals surface area contributed by atoms with E-state index in [0.717, 1.165) is 0 Å². The highest BCUT2D eigenvalue weighted by Gasteiger charge is 2.21. The zero-order valence-corrected chi connectivity index (χ0v) is 8.83. The number of fused-ring (bicyclic) bond motifs is 1. The standard InChI is InChI=1S/C8H7N3O3S/c1-3(12)6-9-10-8-11(6)5(7(13)14)4(2)15-8/h1-2H3,(H,13,14). The van der Waals surface area contributed by atoms with E-state index < -0.39 is 5.97 Å². The molecule has 0 fully saturated rings. The maximum atomic E-state index is 11.2. The molecule has 0 radical (unpaired) electrons. The molecule has 0 saturated carbocycles. The van der Waals surface area contributed by atoms with E-state index in [4.69, 9.17) is 5.11 Å². The van der Waals surface area contributed by atoms with Crippen LogP contribution in [-0.2, 0) is 0 Å². The predicted molar refractivity (Wildman–Crippen MR) is 52.6 cm³/mol. The number of thiazole rings is 1. The summed E-state index contributed by atoms with van der Waals surface area (Å²) in [4.78, 5) is 23.2. The van der Waals surface area contributed by atoms with Crippen LogP contribution in [0.5, 0.6) is 0 Å². The number of ketones is 1. The van der Waals surface area contributed by atoms with Crippen LogP contribution < -0.4 is 0 Å². The summed E-state index contributed by atoms with van der Waals surface area (Å²) in [5, 5.41) is 16.4. The van der Waals surface area contributed by atoms with Gasteiger partial charge < -0.3 is 5.11 Å². The van der Waals surface area contributed by atoms with Gasteiger partial charge >= 0.3 is 5.97 Å². The molecule has 0 aliphatic rings. The van der Waals surface area contributed by atoms with Crippen LogP contribution in [0.25, 0.3) is 4.96 Å². The van der Waals surface area contributed by atoms with Crippen LogP contribution in [0, 0.1) is 6.92 Å². The lowest BCUT2D eigenvalue weighted by Crippen LogP contribution is -2.08. The van der Waals surface area contributed by atoms with Crippen molar-refractivity contribution >= 4 is 28.1 Å². The molecule has 78 valence electrons. The predicted octanol–water partition coefficient (Wildman–Crippen LogP) is 1.00. The van der Waals surface area contributed by atoms with Gasteiger partial charge in [0.2, 0.25) is 10.8 Å². The van der Waals surface area contributed by atoms with Gasteiger partial charge in [-0.15, -0.1) is 10.2 Å². The van der Waals surface area contributed by atoms with Gasteiger partial charge in [-0.1, -0.05) is 11.3 Å². The summed E-state index contributed by atoms with van der Waals surface area (Å²) in [7, 11) is 0. The van der Waals surface area contributed by atoms with E-state index in [0.29, 0.717) is 9.84 Å². The van der Waals surface area contributed by atoms with Gasteiger partial charge in [0.05, 0.1) is 0 Å². The summed E-state index contributed by atoms with van der Waals surface area (Å²) in [6, 6.07) is 0. The zero-order chi connectivity index (χ0) is 11.2. The molecule has 0 aliphatic carbocycles. The molecule has 7 heteroatoms. The highest BCUT2D eigenvalue weighted by molar-refractivity contribution is 7.17. The maximum Gasteiger partial charge on any atom is 0.354 e. The summed E-state index contributed by atoms with van der Waals surface area (Å²) in [6.07, 6.45) is 0. The van der Waals surface area contributed by atoms with Gasteiger partial charge in [-0.3, -0.25) is 9.20 Å². The molecule has 15 heavy (non-hydrogen) atoms. The second-order valence-electron chi connectivity index (χ2n) is 3.01. The number of hydrogen-bond acceptors (Lipinski definition) is 5. The SMILES string of the molecule is CC(=O)c1nnc2sc(C)c(C(=O)O)n12. The Morgan fingerprint density at radius 3 is 2.60 bits per heavy atom. The fourth-order valence-corrected chi connectivity index (χ4v) is 2.25. The minimum absolute atomic E-state index is 0.0604. The van der Waals surface area contributed by atoms with Crippen molar-refractivity contribution in [1.82, 2.24) is 14.6 Å². The van der Waals surface area contributed by atoms with Crippen molar-refractivity contribution in [2.24, 2.45) is 0 Å². The fraction of sp³-hybridized carbons (Fsp3) is 0.250. The highest BCUT2D eigenvalue weighted by Crippen LogP contribution is 2.22. The van der Waals surface area contributed by atoms with Crippen LogP contribution in [-0.4, -0.2) is 31.5 Å². The topological polar surface area (TPSA) is 84.6 Å². The summed E-state index contributed by atoms with van der Waals surface area (Å²) >= 11 is 1.20. The molecule has 1 N–H and O–H groups in total. The van der Waals surface area contributed by atoms with E-state index in [1.165, 1.54) is 22.7 Å². The van der Waals surface area contributed by atoms with E-state index in [1.807, 2.05) is 0 Å². The smallest absolute Gasteiger partial charge is 0.354 e. The van der Waals surface area contributed by atoms with Gasteiger partial charge in [-0.2, -0.15) is 0 Å². The summed E-state index contributed by atoms with van der Waals surface area (Å²) in [5.74, 6) is -1.32. The Morgan fingerprint density at radius 1 is 1.40 bits per heavy atom. The van der Waals surface area contributed by atoms with Crippen molar-refractivity contribution in [1.29, 1.82) is 0 Å². The van der Waals surface area contributed by atoms with E-state index in [-0.39, 0.29) is 17.3 Å². The first kappa shape index (κ1) is 9.78. The van der Waals surface area contributed by atoms with E-state index in [1.54, 1.807) is 6.92 Å². The van der Waals surface area contributed by atoms with Gasteiger partial charge in [0, 0.05) is 11.8 Å². The number of aromatic nitrogens is 3. The number of hydrogen-bond donors (Lipinski definition) is 1. The van der Waals surface area contributed by atoms with Crippen molar-refractivity contribution in [2.75, 3.05) is 0 Å². The fourth-order valence-electron chi connectivity index (χ4n) is 1.35. The highest BCUT2D eigenvalue weighted by atomic mass is 32.1. The summed E-state index contributed by atoms with van der Waals surface area (Å²) in [6.45, 7) is 3.00. The van der Waals surface area contributed by atoms with Crippen molar-refractivity contribution in [3.63, 3.8) is 0 Å². The van der Waals surface area contributed by atoms with Crippen LogP contribution in [0.3, 0.4) is 0 Å². The third-order valence-corrected chi connectivity index (χ3v) is 2.90. The van der Waals surface area contributed by atoms with Gasteiger partial charge in [0.25, 0.3) is 0 Å². The van der Waals surface area contributed by atoms with Gasteiger partial charge in [-0.05, 0) is 6.92 Å². The number of rotatable bonds is 2. The quantitative estimate of drug-likeness (QED) is 0.770. The molecule has 2 aromatic heterocycles. The molecular formula is C8H7N3O3S. The van der Waals surface area contributed by atoms with E-state index in [9.17, 15) is 9.59 Å². The molecule has 0 spiro atoms. The number of nitrogens with zero attached hydrogens (tertiary/aromatic N) is 3. The number of carbonyl (C=O) groups excluding carboxylic acids is 1. The van der Waals surface area contributed by atoms with Gasteiger partial charge in [-0.25, -0.2) is 4.79 Å². The number of aromatic carboxylic acids is 1. The Hall–Kier alpha value is -1.76. The first-order chi connectivity index (χ1) is 7.02. The molecule has 0 aromatic carbocycles.